The molecular weight excluding hydrogens is 651 g/mol. The summed E-state index contributed by atoms with van der Waals surface area (Å²) in [7, 11) is 0. The predicted molar refractivity (Wildman–Crippen MR) is 229 cm³/mol. The summed E-state index contributed by atoms with van der Waals surface area (Å²) < 4.78 is 0. The Morgan fingerprint density at radius 2 is 0.722 bits per heavy atom. The molecule has 8 aromatic carbocycles. The molecule has 3 aliphatic rings. The number of anilines is 3. The van der Waals surface area contributed by atoms with E-state index in [1.807, 2.05) is 0 Å². The molecule has 0 aliphatic heterocycles. The molecule has 0 fully saturated rings. The molecule has 54 heavy (non-hydrogen) atoms. The molecule has 0 aromatic heterocycles. The largest absolute Gasteiger partial charge is 0.309 e. The van der Waals surface area contributed by atoms with Crippen molar-refractivity contribution in [3.05, 3.63) is 185 Å². The van der Waals surface area contributed by atoms with E-state index in [-0.39, 0.29) is 16.2 Å². The quantitative estimate of drug-likeness (QED) is 0.178. The lowest BCUT2D eigenvalue weighted by molar-refractivity contribution is 0.660. The van der Waals surface area contributed by atoms with Gasteiger partial charge in [-0.25, -0.2) is 0 Å². The molecule has 0 spiro atoms. The van der Waals surface area contributed by atoms with Crippen molar-refractivity contribution in [3.8, 4) is 33.4 Å². The second kappa shape index (κ2) is 10.6. The molecule has 1 heteroatoms. The van der Waals surface area contributed by atoms with Gasteiger partial charge in [-0.3, -0.25) is 0 Å². The molecule has 0 saturated heterocycles. The van der Waals surface area contributed by atoms with Gasteiger partial charge < -0.3 is 4.90 Å². The molecule has 0 unspecified atom stereocenters. The van der Waals surface area contributed by atoms with Crippen LogP contribution in [-0.2, 0) is 16.2 Å². The summed E-state index contributed by atoms with van der Waals surface area (Å²) >= 11 is 0. The molecule has 0 amide bonds. The summed E-state index contributed by atoms with van der Waals surface area (Å²) in [6.07, 6.45) is 0. The van der Waals surface area contributed by atoms with Crippen LogP contribution >= 0.6 is 0 Å². The summed E-state index contributed by atoms with van der Waals surface area (Å²) in [5, 5.41) is 5.20. The summed E-state index contributed by atoms with van der Waals surface area (Å²) in [4.78, 5) is 2.69. The highest BCUT2D eigenvalue weighted by molar-refractivity contribution is 6.11. The Balaban J connectivity index is 1.36. The van der Waals surface area contributed by atoms with Crippen molar-refractivity contribution < 1.29 is 0 Å². The smallest absolute Gasteiger partial charge is 0.0550 e. The monoisotopic (exact) mass is 693 g/mol. The molecule has 0 atom stereocenters. The third kappa shape index (κ3) is 3.89. The van der Waals surface area contributed by atoms with Gasteiger partial charge in [-0.2, -0.15) is 0 Å². The first-order chi connectivity index (χ1) is 26.1. The van der Waals surface area contributed by atoms with Crippen LogP contribution in [0, 0.1) is 0 Å². The van der Waals surface area contributed by atoms with E-state index in [2.05, 4.69) is 198 Å². The van der Waals surface area contributed by atoms with Crippen LogP contribution in [-0.4, -0.2) is 0 Å². The Hall–Kier alpha value is -5.92. The molecule has 0 radical (unpaired) electrons. The highest BCUT2D eigenvalue weighted by Gasteiger charge is 2.45. The first-order valence-corrected chi connectivity index (χ1v) is 19.5. The standard InChI is InChI=1S/C53H43N/c1-51(2)40-26-14-11-22-36(40)37-25-17-29-43(48(37)51)54(44-30-32-18-7-9-20-34(32)49-46(44)38-23-12-15-27-41(38)52(49,3)4)45-31-33-19-8-10-21-35(33)50-47(45)39-24-13-16-28-42(39)53(50,5)6/h7-31H,1-6H3. The summed E-state index contributed by atoms with van der Waals surface area (Å²) in [6.45, 7) is 14.5. The van der Waals surface area contributed by atoms with Gasteiger partial charge in [0.15, 0.2) is 0 Å². The molecule has 260 valence electrons. The number of hydrogen-bond acceptors (Lipinski definition) is 1. The van der Waals surface area contributed by atoms with Crippen molar-refractivity contribution in [2.45, 2.75) is 57.8 Å². The van der Waals surface area contributed by atoms with Crippen LogP contribution in [0.25, 0.3) is 54.9 Å². The van der Waals surface area contributed by atoms with Crippen molar-refractivity contribution in [1.82, 2.24) is 0 Å². The lowest BCUT2D eigenvalue weighted by Crippen LogP contribution is -2.22. The van der Waals surface area contributed by atoms with Crippen molar-refractivity contribution in [2.24, 2.45) is 0 Å². The molecule has 0 saturated carbocycles. The third-order valence-electron chi connectivity index (χ3n) is 13.3. The van der Waals surface area contributed by atoms with Gasteiger partial charge >= 0.3 is 0 Å². The van der Waals surface area contributed by atoms with Crippen LogP contribution in [0.4, 0.5) is 17.1 Å². The summed E-state index contributed by atoms with van der Waals surface area (Å²) in [5.74, 6) is 0. The number of fused-ring (bicyclic) bond motifs is 13. The third-order valence-corrected chi connectivity index (χ3v) is 13.3. The molecule has 8 aromatic rings. The zero-order valence-corrected chi connectivity index (χ0v) is 31.9. The Labute approximate surface area is 318 Å². The van der Waals surface area contributed by atoms with E-state index in [1.165, 1.54) is 105 Å². The minimum Gasteiger partial charge on any atom is -0.309 e. The van der Waals surface area contributed by atoms with Gasteiger partial charge in [0.05, 0.1) is 17.1 Å². The van der Waals surface area contributed by atoms with Gasteiger partial charge in [0.2, 0.25) is 0 Å². The van der Waals surface area contributed by atoms with Crippen molar-refractivity contribution in [2.75, 3.05) is 4.90 Å². The van der Waals surface area contributed by atoms with Crippen LogP contribution in [0.2, 0.25) is 0 Å². The predicted octanol–water partition coefficient (Wildman–Crippen LogP) is 14.4. The maximum atomic E-state index is 2.69. The van der Waals surface area contributed by atoms with Crippen molar-refractivity contribution >= 4 is 38.6 Å². The molecule has 1 nitrogen and oxygen atoms in total. The first-order valence-electron chi connectivity index (χ1n) is 19.5. The van der Waals surface area contributed by atoms with Crippen molar-refractivity contribution in [1.29, 1.82) is 0 Å². The van der Waals surface area contributed by atoms with Gasteiger partial charge in [0, 0.05) is 27.4 Å². The van der Waals surface area contributed by atoms with Gasteiger partial charge in [0.25, 0.3) is 0 Å². The van der Waals surface area contributed by atoms with E-state index >= 15 is 0 Å². The first kappa shape index (κ1) is 31.6. The topological polar surface area (TPSA) is 3.24 Å². The van der Waals surface area contributed by atoms with E-state index in [9.17, 15) is 0 Å². The number of hydrogen-bond donors (Lipinski definition) is 0. The normalized spacial score (nSPS) is 16.0. The fourth-order valence-corrected chi connectivity index (χ4v) is 11.0. The van der Waals surface area contributed by atoms with E-state index < -0.39 is 0 Å². The number of rotatable bonds is 3. The zero-order valence-electron chi connectivity index (χ0n) is 31.9. The molecule has 11 rings (SSSR count). The molecule has 0 N–H and O–H groups in total. The van der Waals surface area contributed by atoms with Crippen LogP contribution in [0.5, 0.6) is 0 Å². The minimum absolute atomic E-state index is 0.179. The van der Waals surface area contributed by atoms with E-state index in [0.29, 0.717) is 0 Å². The lowest BCUT2D eigenvalue weighted by atomic mass is 9.79. The van der Waals surface area contributed by atoms with Crippen LogP contribution in [0.3, 0.4) is 0 Å². The van der Waals surface area contributed by atoms with Gasteiger partial charge in [-0.1, -0.05) is 175 Å². The van der Waals surface area contributed by atoms with Crippen LogP contribution in [0.15, 0.2) is 152 Å². The maximum Gasteiger partial charge on any atom is 0.0550 e. The Bertz CT molecular complexity index is 2770. The van der Waals surface area contributed by atoms with Gasteiger partial charge in [-0.15, -0.1) is 0 Å². The minimum atomic E-state index is -0.213. The Kier molecular flexibility index (Phi) is 6.21. The average molecular weight is 694 g/mol. The second-order valence-electron chi connectivity index (χ2n) is 17.3. The van der Waals surface area contributed by atoms with Crippen LogP contribution in [0.1, 0.15) is 74.9 Å². The summed E-state index contributed by atoms with van der Waals surface area (Å²) in [5.41, 5.74) is 19.5. The van der Waals surface area contributed by atoms with Gasteiger partial charge in [0.1, 0.15) is 0 Å². The second-order valence-corrected chi connectivity index (χ2v) is 17.3. The lowest BCUT2D eigenvalue weighted by Gasteiger charge is -2.36. The molecule has 0 heterocycles. The fraction of sp³-hybridized carbons (Fsp3) is 0.170. The van der Waals surface area contributed by atoms with Crippen LogP contribution < -0.4 is 4.90 Å². The average Bonchev–Trinajstić information content (AvgIpc) is 3.69. The number of nitrogens with zero attached hydrogens (tertiary/aromatic N) is 1. The SMILES string of the molecule is CC1(C)c2ccccc2-c2cccc(N(c3cc4ccccc4c4c3-c3ccccc3C4(C)C)c3cc4ccccc4c4c3-c3ccccc3C4(C)C)c21. The molecule has 0 bridgehead atoms. The Morgan fingerprint density at radius 1 is 0.333 bits per heavy atom. The van der Waals surface area contributed by atoms with E-state index in [0.717, 1.165) is 0 Å². The maximum absolute atomic E-state index is 2.69. The van der Waals surface area contributed by atoms with E-state index in [4.69, 9.17) is 0 Å². The summed E-state index contributed by atoms with van der Waals surface area (Å²) in [6, 6.07) is 57.5. The van der Waals surface area contributed by atoms with Gasteiger partial charge in [-0.05, 0) is 95.4 Å². The highest BCUT2D eigenvalue weighted by Crippen LogP contribution is 2.62. The molecule has 3 aliphatic carbocycles. The number of benzene rings is 8. The molecular formula is C53H43N. The van der Waals surface area contributed by atoms with E-state index in [1.54, 1.807) is 0 Å². The zero-order chi connectivity index (χ0) is 36.7. The highest BCUT2D eigenvalue weighted by atomic mass is 15.2. The fourth-order valence-electron chi connectivity index (χ4n) is 11.0. The Morgan fingerprint density at radius 3 is 1.24 bits per heavy atom. The van der Waals surface area contributed by atoms with Crippen molar-refractivity contribution in [3.63, 3.8) is 0 Å².